The van der Waals surface area contributed by atoms with E-state index in [2.05, 4.69) is 39.2 Å². The van der Waals surface area contributed by atoms with Crippen molar-refractivity contribution < 1.29 is 19.0 Å². The number of nitrogens with one attached hydrogen (secondary N) is 1. The van der Waals surface area contributed by atoms with Crippen LogP contribution in [0.15, 0.2) is 18.5 Å². The van der Waals surface area contributed by atoms with Gasteiger partial charge in [-0.05, 0) is 89.7 Å². The Bertz CT molecular complexity index is 1440. The molecule has 3 saturated carbocycles. The molecular formula is C29H38N8O4. The van der Waals surface area contributed by atoms with Gasteiger partial charge >= 0.3 is 6.09 Å². The molecule has 1 amide bonds. The molecule has 3 N–H and O–H groups in total. The number of rotatable bonds is 7. The maximum atomic E-state index is 12.8. The average Bonchev–Trinajstić information content (AvgIpc) is 3.59. The molecule has 0 radical (unpaired) electrons. The number of aromatic nitrogens is 4. The Kier molecular flexibility index (Phi) is 6.82. The molecule has 12 heteroatoms. The van der Waals surface area contributed by atoms with Crippen molar-refractivity contribution in [3.8, 4) is 22.8 Å². The molecule has 8 rings (SSSR count). The standard InChI is InChI=1S/C29H38N8O4/c1-35(2)19-7-9-36(10-8-19)11-12-37-28-23(27(30)31-15-32-28)24(34-37)20-4-5-21(26-25(20)39-16-40-26)33-29(38)41-22-6-3-17-13-18(22)14-17/h4-5,15,17-19,22H,3,6-14,16H2,1-2H3,(H,33,38)(H2,30,31,32). The van der Waals surface area contributed by atoms with Gasteiger partial charge in [-0.1, -0.05) is 0 Å². The zero-order valence-corrected chi connectivity index (χ0v) is 23.7. The van der Waals surface area contributed by atoms with Crippen molar-refractivity contribution >= 4 is 28.6 Å². The normalized spacial score (nSPS) is 24.0. The number of fused-ring (bicyclic) bond motifs is 4. The molecule has 2 bridgehead atoms. The molecule has 0 spiro atoms. The number of carbonyl (C=O) groups excluding carboxylic acids is 1. The fourth-order valence-corrected chi connectivity index (χ4v) is 6.95. The number of anilines is 2. The molecule has 2 aliphatic heterocycles. The third kappa shape index (κ3) is 4.93. The number of amides is 1. The summed E-state index contributed by atoms with van der Waals surface area (Å²) in [5, 5.41) is 8.51. The van der Waals surface area contributed by atoms with Gasteiger partial charge < -0.3 is 29.7 Å². The molecule has 1 aromatic carbocycles. The van der Waals surface area contributed by atoms with Gasteiger partial charge in [-0.15, -0.1) is 0 Å². The molecule has 218 valence electrons. The van der Waals surface area contributed by atoms with E-state index >= 15 is 0 Å². The third-order valence-electron chi connectivity index (χ3n) is 9.40. The van der Waals surface area contributed by atoms with Crippen LogP contribution < -0.4 is 20.5 Å². The van der Waals surface area contributed by atoms with Crippen molar-refractivity contribution in [3.63, 3.8) is 0 Å². The van der Waals surface area contributed by atoms with E-state index < -0.39 is 6.09 Å². The smallest absolute Gasteiger partial charge is 0.412 e. The van der Waals surface area contributed by atoms with Crippen LogP contribution in [0.1, 0.15) is 38.5 Å². The number of likely N-dealkylation sites (tertiary alicyclic amines) is 1. The van der Waals surface area contributed by atoms with Gasteiger partial charge in [0.05, 0.1) is 17.6 Å². The van der Waals surface area contributed by atoms with Crippen LogP contribution in [-0.2, 0) is 11.3 Å². The van der Waals surface area contributed by atoms with E-state index in [0.717, 1.165) is 51.2 Å². The minimum atomic E-state index is -0.465. The summed E-state index contributed by atoms with van der Waals surface area (Å²) in [5.41, 5.74) is 8.89. The highest BCUT2D eigenvalue weighted by Crippen LogP contribution is 2.49. The fourth-order valence-electron chi connectivity index (χ4n) is 6.95. The largest absolute Gasteiger partial charge is 0.453 e. The van der Waals surface area contributed by atoms with E-state index in [1.807, 2.05) is 10.7 Å². The summed E-state index contributed by atoms with van der Waals surface area (Å²) in [4.78, 5) is 26.4. The number of nitrogens with zero attached hydrogens (tertiary/aromatic N) is 6. The van der Waals surface area contributed by atoms with Crippen LogP contribution in [0.3, 0.4) is 0 Å². The molecule has 12 nitrogen and oxygen atoms in total. The lowest BCUT2D eigenvalue weighted by Gasteiger charge is -2.45. The topological polar surface area (TPSA) is 133 Å². The third-order valence-corrected chi connectivity index (χ3v) is 9.40. The van der Waals surface area contributed by atoms with Gasteiger partial charge in [0.15, 0.2) is 17.1 Å². The lowest BCUT2D eigenvalue weighted by atomic mass is 9.64. The Morgan fingerprint density at radius 2 is 1.90 bits per heavy atom. The lowest BCUT2D eigenvalue weighted by Crippen LogP contribution is -2.42. The second-order valence-corrected chi connectivity index (χ2v) is 12.0. The van der Waals surface area contributed by atoms with Crippen LogP contribution in [0.5, 0.6) is 11.5 Å². The Balaban J connectivity index is 1.12. The van der Waals surface area contributed by atoms with Gasteiger partial charge in [0.2, 0.25) is 6.79 Å². The molecule has 3 aliphatic carbocycles. The number of benzene rings is 1. The van der Waals surface area contributed by atoms with E-state index in [4.69, 9.17) is 25.0 Å². The Morgan fingerprint density at radius 1 is 1.10 bits per heavy atom. The van der Waals surface area contributed by atoms with E-state index in [1.165, 1.54) is 19.2 Å². The molecule has 4 heterocycles. The van der Waals surface area contributed by atoms with Gasteiger partial charge in [-0.3, -0.25) is 5.32 Å². The van der Waals surface area contributed by atoms with Crippen molar-refractivity contribution in [1.82, 2.24) is 29.5 Å². The molecular weight excluding hydrogens is 524 g/mol. The molecule has 5 aliphatic rings. The van der Waals surface area contributed by atoms with E-state index in [9.17, 15) is 4.79 Å². The molecule has 1 saturated heterocycles. The van der Waals surface area contributed by atoms with Crippen molar-refractivity contribution in [3.05, 3.63) is 18.5 Å². The molecule has 2 aromatic heterocycles. The Hall–Kier alpha value is -3.64. The number of nitrogen functional groups attached to an aromatic ring is 1. The highest BCUT2D eigenvalue weighted by molar-refractivity contribution is 6.01. The molecule has 1 atom stereocenters. The SMILES string of the molecule is CN(C)C1CCN(CCn2nc(-c3ccc(NC(=O)OC4CCC5CC4C5)c4c3OCO4)c3c(N)ncnc32)CC1. The van der Waals surface area contributed by atoms with E-state index in [1.54, 1.807) is 6.07 Å². The average molecular weight is 563 g/mol. The minimum Gasteiger partial charge on any atom is -0.453 e. The first kappa shape index (κ1) is 26.3. The van der Waals surface area contributed by atoms with Crippen molar-refractivity contribution in [2.75, 3.05) is 51.6 Å². The van der Waals surface area contributed by atoms with Gasteiger partial charge in [0.25, 0.3) is 0 Å². The highest BCUT2D eigenvalue weighted by atomic mass is 16.7. The van der Waals surface area contributed by atoms with E-state index in [0.29, 0.717) is 63.8 Å². The Morgan fingerprint density at radius 3 is 2.66 bits per heavy atom. The van der Waals surface area contributed by atoms with Crippen molar-refractivity contribution in [2.45, 2.75) is 57.2 Å². The van der Waals surface area contributed by atoms with Crippen LogP contribution in [0.25, 0.3) is 22.3 Å². The number of hydrogen-bond donors (Lipinski definition) is 2. The molecule has 3 aromatic rings. The first-order valence-electron chi connectivity index (χ1n) is 14.7. The highest BCUT2D eigenvalue weighted by Gasteiger charge is 2.42. The monoisotopic (exact) mass is 562 g/mol. The summed E-state index contributed by atoms with van der Waals surface area (Å²) in [7, 11) is 4.31. The van der Waals surface area contributed by atoms with Gasteiger partial charge in [0.1, 0.15) is 23.9 Å². The molecule has 41 heavy (non-hydrogen) atoms. The summed E-state index contributed by atoms with van der Waals surface area (Å²) in [5.74, 6) is 2.63. The van der Waals surface area contributed by atoms with Crippen LogP contribution in [-0.4, -0.2) is 88.3 Å². The quantitative estimate of drug-likeness (QED) is 0.440. The zero-order valence-electron chi connectivity index (χ0n) is 23.7. The predicted molar refractivity (Wildman–Crippen MR) is 154 cm³/mol. The minimum absolute atomic E-state index is 0.0119. The second kappa shape index (κ2) is 10.6. The number of carbonyl (C=O) groups is 1. The number of nitrogens with two attached hydrogens (primary N) is 1. The maximum absolute atomic E-state index is 12.8. The fraction of sp³-hybridized carbons (Fsp3) is 0.586. The summed E-state index contributed by atoms with van der Waals surface area (Å²) in [6.45, 7) is 3.70. The Labute approximate surface area is 239 Å². The zero-order chi connectivity index (χ0) is 28.1. The second-order valence-electron chi connectivity index (χ2n) is 12.0. The number of piperidine rings is 1. The summed E-state index contributed by atoms with van der Waals surface area (Å²) < 4.78 is 19.4. The summed E-state index contributed by atoms with van der Waals surface area (Å²) in [6, 6.07) is 4.30. The number of hydrogen-bond acceptors (Lipinski definition) is 10. The van der Waals surface area contributed by atoms with E-state index in [-0.39, 0.29) is 12.9 Å². The van der Waals surface area contributed by atoms with Crippen molar-refractivity contribution in [1.29, 1.82) is 0 Å². The van der Waals surface area contributed by atoms with Crippen LogP contribution in [0.4, 0.5) is 16.3 Å². The van der Waals surface area contributed by atoms with Gasteiger partial charge in [-0.2, -0.15) is 5.10 Å². The van der Waals surface area contributed by atoms with Crippen LogP contribution in [0.2, 0.25) is 0 Å². The predicted octanol–water partition coefficient (Wildman–Crippen LogP) is 3.57. The van der Waals surface area contributed by atoms with Gasteiger partial charge in [0, 0.05) is 18.2 Å². The lowest BCUT2D eigenvalue weighted by molar-refractivity contribution is -0.0336. The first-order valence-corrected chi connectivity index (χ1v) is 14.7. The summed E-state index contributed by atoms with van der Waals surface area (Å²) in [6.07, 6.45) is 7.72. The molecule has 4 fully saturated rings. The molecule has 1 unspecified atom stereocenters. The maximum Gasteiger partial charge on any atom is 0.412 e. The first-order chi connectivity index (χ1) is 19.9. The van der Waals surface area contributed by atoms with Crippen molar-refractivity contribution in [2.24, 2.45) is 11.8 Å². The number of ether oxygens (including phenoxy) is 3. The summed E-state index contributed by atoms with van der Waals surface area (Å²) >= 11 is 0. The van der Waals surface area contributed by atoms with Gasteiger partial charge in [-0.25, -0.2) is 19.4 Å². The van der Waals surface area contributed by atoms with Crippen LogP contribution in [0, 0.1) is 11.8 Å². The van der Waals surface area contributed by atoms with Crippen LogP contribution >= 0.6 is 0 Å².